The lowest BCUT2D eigenvalue weighted by Gasteiger charge is -2.01. The summed E-state index contributed by atoms with van der Waals surface area (Å²) in [7, 11) is 0. The van der Waals surface area contributed by atoms with Crippen LogP contribution in [-0.2, 0) is 0 Å². The van der Waals surface area contributed by atoms with Crippen molar-refractivity contribution in [3.8, 4) is 0 Å². The molecule has 0 aliphatic carbocycles. The van der Waals surface area contributed by atoms with Gasteiger partial charge in [-0.05, 0) is 18.9 Å². The zero-order valence-electron chi connectivity index (χ0n) is 13.6. The molecule has 0 aromatic carbocycles. The largest absolute Gasteiger partial charge is 0.389 e. The summed E-state index contributed by atoms with van der Waals surface area (Å²) in [5.74, 6) is -1.42. The van der Waals surface area contributed by atoms with Crippen molar-refractivity contribution in [3.05, 3.63) is 23.8 Å². The predicted octanol–water partition coefficient (Wildman–Crippen LogP) is 6.39. The Labute approximate surface area is 129 Å². The Balaban J connectivity index is 3.31. The number of allylic oxidation sites excluding steroid dienone is 3. The minimum Gasteiger partial charge on any atom is -0.389 e. The first-order valence-corrected chi connectivity index (χ1v) is 8.53. The van der Waals surface area contributed by atoms with Crippen LogP contribution in [0.4, 0.5) is 8.78 Å². The van der Waals surface area contributed by atoms with Gasteiger partial charge < -0.3 is 5.11 Å². The number of hydrogen-bond donors (Lipinski definition) is 1. The Morgan fingerprint density at radius 2 is 1.29 bits per heavy atom. The van der Waals surface area contributed by atoms with Crippen LogP contribution in [0.2, 0.25) is 0 Å². The second-order valence-electron chi connectivity index (χ2n) is 5.66. The minimum atomic E-state index is -0.831. The maximum Gasteiger partial charge on any atom is 0.128 e. The van der Waals surface area contributed by atoms with Gasteiger partial charge in [-0.25, -0.2) is 8.78 Å². The summed E-state index contributed by atoms with van der Waals surface area (Å²) in [6, 6.07) is 0. The fourth-order valence-electron chi connectivity index (χ4n) is 2.30. The maximum absolute atomic E-state index is 13.1. The second kappa shape index (κ2) is 15.7. The van der Waals surface area contributed by atoms with Crippen LogP contribution in [0.5, 0.6) is 0 Å². The van der Waals surface area contributed by atoms with E-state index < -0.39 is 18.3 Å². The van der Waals surface area contributed by atoms with Crippen molar-refractivity contribution in [1.82, 2.24) is 0 Å². The molecule has 0 atom stereocenters. The number of rotatable bonds is 14. The highest BCUT2D eigenvalue weighted by atomic mass is 19.1. The molecule has 0 rings (SSSR count). The first-order chi connectivity index (χ1) is 10.2. The molecule has 1 nitrogen and oxygen atoms in total. The first kappa shape index (κ1) is 20.3. The fourth-order valence-corrected chi connectivity index (χ4v) is 2.30. The van der Waals surface area contributed by atoms with Crippen molar-refractivity contribution < 1.29 is 13.9 Å². The Morgan fingerprint density at radius 3 is 1.76 bits per heavy atom. The summed E-state index contributed by atoms with van der Waals surface area (Å²) >= 11 is 0. The van der Waals surface area contributed by atoms with Gasteiger partial charge in [0.1, 0.15) is 11.7 Å². The van der Waals surface area contributed by atoms with Crippen molar-refractivity contribution >= 4 is 0 Å². The first-order valence-electron chi connectivity index (χ1n) is 8.53. The molecule has 21 heavy (non-hydrogen) atoms. The smallest absolute Gasteiger partial charge is 0.128 e. The molecule has 0 radical (unpaired) electrons. The van der Waals surface area contributed by atoms with Gasteiger partial charge in [0.25, 0.3) is 0 Å². The highest BCUT2D eigenvalue weighted by Crippen LogP contribution is 2.13. The van der Waals surface area contributed by atoms with Crippen LogP contribution in [0.25, 0.3) is 0 Å². The molecule has 0 saturated heterocycles. The van der Waals surface area contributed by atoms with Crippen molar-refractivity contribution in [2.24, 2.45) is 0 Å². The summed E-state index contributed by atoms with van der Waals surface area (Å²) in [6.07, 6.45) is 16.7. The third kappa shape index (κ3) is 15.5. The van der Waals surface area contributed by atoms with E-state index in [1.165, 1.54) is 63.9 Å². The summed E-state index contributed by atoms with van der Waals surface area (Å²) in [6.45, 7) is 1.50. The summed E-state index contributed by atoms with van der Waals surface area (Å²) < 4.78 is 25.6. The lowest BCUT2D eigenvalue weighted by molar-refractivity contribution is 0.297. The van der Waals surface area contributed by atoms with Crippen LogP contribution in [0.15, 0.2) is 23.8 Å². The number of hydrogen-bond acceptors (Lipinski definition) is 1. The molecule has 0 aliphatic rings. The van der Waals surface area contributed by atoms with Gasteiger partial charge in [-0.1, -0.05) is 71.1 Å². The highest BCUT2D eigenvalue weighted by molar-refractivity contribution is 5.14. The zero-order chi connectivity index (χ0) is 15.8. The number of aliphatic hydroxyl groups excluding tert-OH is 1. The maximum atomic E-state index is 13.1. The van der Waals surface area contributed by atoms with E-state index in [9.17, 15) is 8.78 Å². The summed E-state index contributed by atoms with van der Waals surface area (Å²) in [5.41, 5.74) is 0. The lowest BCUT2D eigenvalue weighted by Crippen LogP contribution is -1.83. The quantitative estimate of drug-likeness (QED) is 0.291. The molecule has 0 aliphatic heterocycles. The normalized spacial score (nSPS) is 13.0. The second-order valence-corrected chi connectivity index (χ2v) is 5.66. The molecule has 0 fully saturated rings. The molecule has 0 aromatic rings. The molecular weight excluding hydrogens is 270 g/mol. The molecule has 3 heteroatoms. The fraction of sp³-hybridized carbons (Fsp3) is 0.778. The van der Waals surface area contributed by atoms with Gasteiger partial charge in [0.2, 0.25) is 0 Å². The van der Waals surface area contributed by atoms with Crippen molar-refractivity contribution in [3.63, 3.8) is 0 Å². The molecule has 0 amide bonds. The van der Waals surface area contributed by atoms with Gasteiger partial charge in [-0.3, -0.25) is 0 Å². The van der Waals surface area contributed by atoms with Crippen LogP contribution in [0.1, 0.15) is 84.0 Å². The molecule has 0 bridgehead atoms. The average Bonchev–Trinajstić information content (AvgIpc) is 2.48. The van der Waals surface area contributed by atoms with E-state index in [1.54, 1.807) is 0 Å². The van der Waals surface area contributed by atoms with E-state index in [1.807, 2.05) is 0 Å². The number of halogens is 2. The lowest BCUT2D eigenvalue weighted by atomic mass is 10.1. The van der Waals surface area contributed by atoms with Crippen LogP contribution in [0, 0.1) is 0 Å². The van der Waals surface area contributed by atoms with Crippen LogP contribution < -0.4 is 0 Å². The summed E-state index contributed by atoms with van der Waals surface area (Å²) in [4.78, 5) is 0. The third-order valence-electron chi connectivity index (χ3n) is 3.59. The van der Waals surface area contributed by atoms with Crippen molar-refractivity contribution in [1.29, 1.82) is 0 Å². The third-order valence-corrected chi connectivity index (χ3v) is 3.59. The number of unbranched alkanes of at least 4 members (excludes halogenated alkanes) is 11. The Bertz CT molecular complexity index is 285. The zero-order valence-corrected chi connectivity index (χ0v) is 13.6. The van der Waals surface area contributed by atoms with Crippen LogP contribution in [0.3, 0.4) is 0 Å². The Kier molecular flexibility index (Phi) is 15.2. The van der Waals surface area contributed by atoms with E-state index in [2.05, 4.69) is 6.92 Å². The molecule has 0 unspecified atom stereocenters. The SMILES string of the molecule is CCCCCCCCCCCCC/C=C(F)/C=C(/F)CO. The number of aliphatic hydroxyl groups is 1. The van der Waals surface area contributed by atoms with Crippen molar-refractivity contribution in [2.45, 2.75) is 84.0 Å². The van der Waals surface area contributed by atoms with E-state index >= 15 is 0 Å². The van der Waals surface area contributed by atoms with E-state index in [0.717, 1.165) is 18.9 Å². The standard InChI is InChI=1S/C18H32F2O/c1-2-3-4-5-6-7-8-9-10-11-12-13-14-17(19)15-18(20)16-21/h14-15,21H,2-13,16H2,1H3/b17-14-,18-15+. The van der Waals surface area contributed by atoms with Crippen molar-refractivity contribution in [2.75, 3.05) is 6.61 Å². The van der Waals surface area contributed by atoms with Gasteiger partial charge in [-0.15, -0.1) is 0 Å². The molecule has 0 saturated carbocycles. The monoisotopic (exact) mass is 302 g/mol. The highest BCUT2D eigenvalue weighted by Gasteiger charge is 1.96. The predicted molar refractivity (Wildman–Crippen MR) is 86.5 cm³/mol. The van der Waals surface area contributed by atoms with Gasteiger partial charge in [0.05, 0.1) is 6.61 Å². The molecule has 0 aromatic heterocycles. The van der Waals surface area contributed by atoms with E-state index in [-0.39, 0.29) is 0 Å². The van der Waals surface area contributed by atoms with Crippen LogP contribution >= 0.6 is 0 Å². The summed E-state index contributed by atoms with van der Waals surface area (Å²) in [5, 5.41) is 8.42. The molecule has 0 heterocycles. The van der Waals surface area contributed by atoms with Gasteiger partial charge in [0, 0.05) is 6.08 Å². The minimum absolute atomic E-state index is 0.589. The van der Waals surface area contributed by atoms with E-state index in [0.29, 0.717) is 6.42 Å². The average molecular weight is 302 g/mol. The molecule has 124 valence electrons. The van der Waals surface area contributed by atoms with Gasteiger partial charge >= 0.3 is 0 Å². The van der Waals surface area contributed by atoms with Gasteiger partial charge in [0.15, 0.2) is 0 Å². The van der Waals surface area contributed by atoms with E-state index in [4.69, 9.17) is 5.11 Å². The van der Waals surface area contributed by atoms with Crippen LogP contribution in [-0.4, -0.2) is 11.7 Å². The molecular formula is C18H32F2O. The van der Waals surface area contributed by atoms with Gasteiger partial charge in [-0.2, -0.15) is 0 Å². The Morgan fingerprint density at radius 1 is 0.810 bits per heavy atom. The Hall–Kier alpha value is -0.700. The molecule has 1 N–H and O–H groups in total. The topological polar surface area (TPSA) is 20.2 Å². The molecule has 0 spiro atoms.